The Labute approximate surface area is 265 Å². The summed E-state index contributed by atoms with van der Waals surface area (Å²) >= 11 is 0. The SMILES string of the molecule is C=C(C)C(=O)OCC(CO)CC1CCC(c2ccc3c(c2)CCC(CCC(C)CCC(C)C(C)CCC(C)CC)C3)CC1. The first-order valence-corrected chi connectivity index (χ1v) is 18.1. The summed E-state index contributed by atoms with van der Waals surface area (Å²) in [6, 6.07) is 7.45. The molecule has 1 aromatic carbocycles. The van der Waals surface area contributed by atoms with E-state index in [1.54, 1.807) is 23.6 Å². The zero-order valence-corrected chi connectivity index (χ0v) is 28.8. The molecule has 0 aromatic heterocycles. The number of hydrogen-bond acceptors (Lipinski definition) is 3. The van der Waals surface area contributed by atoms with Crippen LogP contribution in [0.5, 0.6) is 0 Å². The first-order chi connectivity index (χ1) is 20.6. The third kappa shape index (κ3) is 12.0. The first-order valence-electron chi connectivity index (χ1n) is 18.1. The largest absolute Gasteiger partial charge is 0.462 e. The number of fused-ring (bicyclic) bond motifs is 1. The van der Waals surface area contributed by atoms with Gasteiger partial charge in [0.1, 0.15) is 0 Å². The number of carbonyl (C=O) groups excluding carboxylic acids is 1. The van der Waals surface area contributed by atoms with Crippen LogP contribution < -0.4 is 0 Å². The maximum absolute atomic E-state index is 11.7. The predicted octanol–water partition coefficient (Wildman–Crippen LogP) is 10.5. The molecule has 6 unspecified atom stereocenters. The molecule has 2 aliphatic rings. The summed E-state index contributed by atoms with van der Waals surface area (Å²) in [5.74, 6) is 5.25. The zero-order chi connectivity index (χ0) is 31.4. The van der Waals surface area contributed by atoms with Gasteiger partial charge in [-0.25, -0.2) is 4.79 Å². The number of benzene rings is 1. The zero-order valence-electron chi connectivity index (χ0n) is 28.8. The van der Waals surface area contributed by atoms with Crippen LogP contribution in [0.1, 0.15) is 148 Å². The van der Waals surface area contributed by atoms with E-state index >= 15 is 0 Å². The average Bonchev–Trinajstić information content (AvgIpc) is 3.02. The Morgan fingerprint density at radius 1 is 0.907 bits per heavy atom. The van der Waals surface area contributed by atoms with Crippen molar-refractivity contribution in [3.05, 3.63) is 47.0 Å². The van der Waals surface area contributed by atoms with Crippen LogP contribution in [-0.4, -0.2) is 24.3 Å². The van der Waals surface area contributed by atoms with E-state index in [0.717, 1.165) is 36.0 Å². The normalized spacial score (nSPS) is 23.9. The lowest BCUT2D eigenvalue weighted by atomic mass is 9.74. The predicted molar refractivity (Wildman–Crippen MR) is 182 cm³/mol. The highest BCUT2D eigenvalue weighted by Crippen LogP contribution is 2.40. The second-order valence-electron chi connectivity index (χ2n) is 15.3. The van der Waals surface area contributed by atoms with Gasteiger partial charge in [-0.2, -0.15) is 0 Å². The van der Waals surface area contributed by atoms with Crippen molar-refractivity contribution >= 4 is 5.97 Å². The van der Waals surface area contributed by atoms with Gasteiger partial charge >= 0.3 is 5.97 Å². The molecule has 0 saturated heterocycles. The Balaban J connectivity index is 1.37. The molecule has 1 aromatic rings. The highest BCUT2D eigenvalue weighted by molar-refractivity contribution is 5.86. The van der Waals surface area contributed by atoms with Crippen LogP contribution in [0, 0.1) is 41.4 Å². The molecule has 1 N–H and O–H groups in total. The third-order valence-electron chi connectivity index (χ3n) is 11.6. The third-order valence-corrected chi connectivity index (χ3v) is 11.6. The molecule has 0 aliphatic heterocycles. The van der Waals surface area contributed by atoms with Gasteiger partial charge in [0.2, 0.25) is 0 Å². The van der Waals surface area contributed by atoms with E-state index in [0.29, 0.717) is 24.0 Å². The molecule has 43 heavy (non-hydrogen) atoms. The minimum atomic E-state index is -0.353. The smallest absolute Gasteiger partial charge is 0.333 e. The number of ether oxygens (including phenoxy) is 1. The Bertz CT molecular complexity index is 974. The Morgan fingerprint density at radius 2 is 1.58 bits per heavy atom. The second-order valence-corrected chi connectivity index (χ2v) is 15.3. The van der Waals surface area contributed by atoms with Gasteiger partial charge in [0, 0.05) is 18.1 Å². The van der Waals surface area contributed by atoms with Crippen molar-refractivity contribution in [2.45, 2.75) is 144 Å². The van der Waals surface area contributed by atoms with E-state index in [1.807, 2.05) is 0 Å². The highest BCUT2D eigenvalue weighted by Gasteiger charge is 2.27. The molecule has 0 radical (unpaired) electrons. The molecule has 3 nitrogen and oxygen atoms in total. The highest BCUT2D eigenvalue weighted by atomic mass is 16.5. The molecule has 0 amide bonds. The molecule has 3 rings (SSSR count). The first kappa shape index (κ1) is 35.9. The standard InChI is InChI=1S/C40H66O3/c1-8-29(4)9-12-31(6)32(7)13-10-30(5)11-14-34-17-20-39-25-38(22-21-37(39)24-34)36-18-15-33(16-19-36)23-35(26-41)27-43-40(42)28(2)3/h21-22,25,29-36,41H,2,8-20,23-24,26-27H2,1,3-7H3. The summed E-state index contributed by atoms with van der Waals surface area (Å²) in [5, 5.41) is 9.82. The van der Waals surface area contributed by atoms with Crippen molar-refractivity contribution < 1.29 is 14.6 Å². The summed E-state index contributed by atoms with van der Waals surface area (Å²) in [4.78, 5) is 11.7. The number of aliphatic hydroxyl groups is 1. The lowest BCUT2D eigenvalue weighted by molar-refractivity contribution is -0.140. The molecule has 1 saturated carbocycles. The topological polar surface area (TPSA) is 46.5 Å². The molecule has 0 heterocycles. The summed E-state index contributed by atoms with van der Waals surface area (Å²) in [7, 11) is 0. The van der Waals surface area contributed by atoms with Gasteiger partial charge in [-0.05, 0) is 123 Å². The number of aryl methyl sites for hydroxylation is 1. The second kappa shape index (κ2) is 18.4. The molecular weight excluding hydrogens is 528 g/mol. The maximum atomic E-state index is 11.7. The lowest BCUT2D eigenvalue weighted by Gasteiger charge is -2.32. The van der Waals surface area contributed by atoms with Crippen LogP contribution in [0.4, 0.5) is 0 Å². The molecule has 3 heteroatoms. The molecule has 1 fully saturated rings. The van der Waals surface area contributed by atoms with Crippen LogP contribution in [0.25, 0.3) is 0 Å². The monoisotopic (exact) mass is 595 g/mol. The summed E-state index contributed by atoms with van der Waals surface area (Å²) in [6.07, 6.45) is 19.4. The van der Waals surface area contributed by atoms with Crippen molar-refractivity contribution in [2.75, 3.05) is 13.2 Å². The van der Waals surface area contributed by atoms with Gasteiger partial charge in [0.05, 0.1) is 6.61 Å². The fourth-order valence-corrected chi connectivity index (χ4v) is 7.60. The molecular formula is C40H66O3. The van der Waals surface area contributed by atoms with E-state index < -0.39 is 0 Å². The molecule has 244 valence electrons. The van der Waals surface area contributed by atoms with Gasteiger partial charge in [-0.3, -0.25) is 0 Å². The number of hydrogen-bond donors (Lipinski definition) is 1. The minimum absolute atomic E-state index is 0.0288. The molecule has 0 bridgehead atoms. The molecule has 2 aliphatic carbocycles. The Kier molecular flexibility index (Phi) is 15.3. The van der Waals surface area contributed by atoms with Gasteiger partial charge < -0.3 is 9.84 Å². The fraction of sp³-hybridized carbons (Fsp3) is 0.775. The fourth-order valence-electron chi connectivity index (χ4n) is 7.60. The van der Waals surface area contributed by atoms with E-state index in [1.165, 1.54) is 89.9 Å². The summed E-state index contributed by atoms with van der Waals surface area (Å²) in [6.45, 7) is 17.9. The van der Waals surface area contributed by atoms with E-state index in [-0.39, 0.29) is 18.5 Å². The van der Waals surface area contributed by atoms with Crippen LogP contribution >= 0.6 is 0 Å². The van der Waals surface area contributed by atoms with Crippen molar-refractivity contribution in [1.29, 1.82) is 0 Å². The van der Waals surface area contributed by atoms with Crippen LogP contribution in [0.15, 0.2) is 30.4 Å². The van der Waals surface area contributed by atoms with Crippen molar-refractivity contribution in [1.82, 2.24) is 0 Å². The van der Waals surface area contributed by atoms with Crippen LogP contribution in [-0.2, 0) is 22.4 Å². The van der Waals surface area contributed by atoms with Crippen molar-refractivity contribution in [3.63, 3.8) is 0 Å². The van der Waals surface area contributed by atoms with Crippen molar-refractivity contribution in [2.24, 2.45) is 41.4 Å². The Morgan fingerprint density at radius 3 is 2.21 bits per heavy atom. The average molecular weight is 595 g/mol. The summed E-state index contributed by atoms with van der Waals surface area (Å²) < 4.78 is 5.32. The quantitative estimate of drug-likeness (QED) is 0.136. The van der Waals surface area contributed by atoms with Crippen LogP contribution in [0.2, 0.25) is 0 Å². The van der Waals surface area contributed by atoms with E-state index in [2.05, 4.69) is 59.4 Å². The maximum Gasteiger partial charge on any atom is 0.333 e. The van der Waals surface area contributed by atoms with Gasteiger partial charge in [0.15, 0.2) is 0 Å². The van der Waals surface area contributed by atoms with Gasteiger partial charge in [0.25, 0.3) is 0 Å². The molecule has 0 spiro atoms. The van der Waals surface area contributed by atoms with Gasteiger partial charge in [-0.15, -0.1) is 0 Å². The number of aliphatic hydroxyl groups excluding tert-OH is 1. The van der Waals surface area contributed by atoms with Crippen molar-refractivity contribution in [3.8, 4) is 0 Å². The lowest BCUT2D eigenvalue weighted by Crippen LogP contribution is -2.23. The number of esters is 1. The Hall–Kier alpha value is -1.61. The number of rotatable bonds is 18. The van der Waals surface area contributed by atoms with E-state index in [9.17, 15) is 9.90 Å². The van der Waals surface area contributed by atoms with Crippen LogP contribution in [0.3, 0.4) is 0 Å². The summed E-state index contributed by atoms with van der Waals surface area (Å²) in [5.41, 5.74) is 5.19. The van der Waals surface area contributed by atoms with E-state index in [4.69, 9.17) is 4.74 Å². The number of carbonyl (C=O) groups is 1. The van der Waals surface area contributed by atoms with Gasteiger partial charge in [-0.1, -0.05) is 97.9 Å². The molecule has 6 atom stereocenters. The minimum Gasteiger partial charge on any atom is -0.462 e.